The van der Waals surface area contributed by atoms with Gasteiger partial charge >= 0.3 is 0 Å². The van der Waals surface area contributed by atoms with Gasteiger partial charge in [0.25, 0.3) is 0 Å². The largest absolute Gasteiger partial charge is 0.396 e. The van der Waals surface area contributed by atoms with Crippen molar-refractivity contribution in [3.05, 3.63) is 35.9 Å². The number of aliphatic hydroxyl groups is 1. The Balaban J connectivity index is 2.62. The molecule has 0 bridgehead atoms. The van der Waals surface area contributed by atoms with E-state index in [4.69, 9.17) is 5.11 Å². The van der Waals surface area contributed by atoms with Crippen molar-refractivity contribution in [2.24, 2.45) is 0 Å². The maximum absolute atomic E-state index is 11.6. The second-order valence-electron chi connectivity index (χ2n) is 4.97. The fourth-order valence-electron chi connectivity index (χ4n) is 1.61. The molecule has 0 amide bonds. The van der Waals surface area contributed by atoms with Gasteiger partial charge in [-0.25, -0.2) is 13.1 Å². The van der Waals surface area contributed by atoms with Gasteiger partial charge in [0.15, 0.2) is 0 Å². The number of rotatable bonds is 7. The molecule has 5 heteroatoms. The molecular formula is C13H21NO3S. The number of sulfonamides is 1. The zero-order chi connectivity index (χ0) is 13.6. The lowest BCUT2D eigenvalue weighted by Gasteiger charge is -2.25. The predicted octanol–water partition coefficient (Wildman–Crippen LogP) is 1.27. The molecule has 0 saturated carbocycles. The lowest BCUT2D eigenvalue weighted by Crippen LogP contribution is -2.37. The number of hydrogen-bond donors (Lipinski definition) is 2. The van der Waals surface area contributed by atoms with Crippen molar-refractivity contribution >= 4 is 10.0 Å². The van der Waals surface area contributed by atoms with Crippen molar-refractivity contribution in [1.82, 2.24) is 4.72 Å². The molecule has 0 spiro atoms. The van der Waals surface area contributed by atoms with Crippen LogP contribution in [0.2, 0.25) is 0 Å². The average Bonchev–Trinajstić information content (AvgIpc) is 2.36. The summed E-state index contributed by atoms with van der Waals surface area (Å²) in [5.74, 6) is -0.0334. The Morgan fingerprint density at radius 2 is 1.83 bits per heavy atom. The van der Waals surface area contributed by atoms with Gasteiger partial charge in [-0.1, -0.05) is 44.2 Å². The van der Waals surface area contributed by atoms with Crippen molar-refractivity contribution in [2.45, 2.75) is 25.7 Å². The highest BCUT2D eigenvalue weighted by molar-refractivity contribution is 7.89. The van der Waals surface area contributed by atoms with E-state index in [0.29, 0.717) is 6.54 Å². The van der Waals surface area contributed by atoms with E-state index >= 15 is 0 Å². The molecule has 0 aliphatic carbocycles. The number of hydrogen-bond acceptors (Lipinski definition) is 3. The van der Waals surface area contributed by atoms with Gasteiger partial charge in [0.05, 0.1) is 5.75 Å². The van der Waals surface area contributed by atoms with Crippen molar-refractivity contribution in [3.8, 4) is 0 Å². The summed E-state index contributed by atoms with van der Waals surface area (Å²) in [5.41, 5.74) is 0.836. The Labute approximate surface area is 109 Å². The monoisotopic (exact) mass is 271 g/mol. The van der Waals surface area contributed by atoms with Gasteiger partial charge in [-0.3, -0.25) is 0 Å². The fraction of sp³-hybridized carbons (Fsp3) is 0.538. The lowest BCUT2D eigenvalue weighted by atomic mass is 9.85. The number of nitrogens with one attached hydrogen (secondary N) is 1. The molecule has 0 atom stereocenters. The third kappa shape index (κ3) is 4.76. The summed E-state index contributed by atoms with van der Waals surface area (Å²) < 4.78 is 25.9. The molecule has 0 aromatic heterocycles. The van der Waals surface area contributed by atoms with Crippen molar-refractivity contribution < 1.29 is 13.5 Å². The van der Waals surface area contributed by atoms with Gasteiger partial charge in [-0.2, -0.15) is 0 Å². The number of aliphatic hydroxyl groups excluding tert-OH is 1. The van der Waals surface area contributed by atoms with Crippen LogP contribution in [-0.2, 0) is 15.4 Å². The topological polar surface area (TPSA) is 66.4 Å². The smallest absolute Gasteiger partial charge is 0.211 e. The average molecular weight is 271 g/mol. The van der Waals surface area contributed by atoms with E-state index in [0.717, 1.165) is 5.56 Å². The van der Waals surface area contributed by atoms with E-state index in [-0.39, 0.29) is 24.2 Å². The molecule has 0 unspecified atom stereocenters. The van der Waals surface area contributed by atoms with E-state index in [1.54, 1.807) is 0 Å². The second-order valence-corrected chi connectivity index (χ2v) is 6.89. The molecule has 0 aliphatic rings. The third-order valence-corrected chi connectivity index (χ3v) is 4.27. The van der Waals surface area contributed by atoms with Crippen molar-refractivity contribution in [2.75, 3.05) is 18.9 Å². The minimum absolute atomic E-state index is 0.0334. The molecule has 0 fully saturated rings. The Hall–Kier alpha value is -0.910. The van der Waals surface area contributed by atoms with Crippen LogP contribution in [0.15, 0.2) is 30.3 Å². The summed E-state index contributed by atoms with van der Waals surface area (Å²) in [5, 5.41) is 8.64. The molecule has 4 nitrogen and oxygen atoms in total. The van der Waals surface area contributed by atoms with Crippen LogP contribution >= 0.6 is 0 Å². The maximum Gasteiger partial charge on any atom is 0.211 e. The van der Waals surface area contributed by atoms with E-state index in [2.05, 4.69) is 4.72 Å². The van der Waals surface area contributed by atoms with Crippen LogP contribution in [0.1, 0.15) is 25.8 Å². The summed E-state index contributed by atoms with van der Waals surface area (Å²) >= 11 is 0. The lowest BCUT2D eigenvalue weighted by molar-refractivity contribution is 0.295. The predicted molar refractivity (Wildman–Crippen MR) is 73.0 cm³/mol. The molecule has 0 saturated heterocycles. The molecule has 102 valence electrons. The molecule has 1 aromatic rings. The first kappa shape index (κ1) is 15.1. The molecular weight excluding hydrogens is 250 g/mol. The first-order chi connectivity index (χ1) is 8.37. The second kappa shape index (κ2) is 6.31. The molecule has 1 aromatic carbocycles. The first-order valence-electron chi connectivity index (χ1n) is 6.01. The standard InChI is InChI=1S/C13H21NO3S/c1-13(2,12-7-4-3-5-8-12)11-14-18(16,17)10-6-9-15/h3-5,7-8,14-15H,6,9-11H2,1-2H3. The van der Waals surface area contributed by atoms with E-state index in [1.807, 2.05) is 44.2 Å². The van der Waals surface area contributed by atoms with E-state index in [9.17, 15) is 8.42 Å². The Morgan fingerprint density at radius 3 is 2.39 bits per heavy atom. The van der Waals surface area contributed by atoms with Gasteiger partial charge < -0.3 is 5.11 Å². The maximum atomic E-state index is 11.6. The van der Waals surface area contributed by atoms with Crippen LogP contribution in [0.25, 0.3) is 0 Å². The summed E-state index contributed by atoms with van der Waals surface area (Å²) in [7, 11) is -3.29. The van der Waals surface area contributed by atoms with Crippen LogP contribution in [0.3, 0.4) is 0 Å². The van der Waals surface area contributed by atoms with Crippen LogP contribution in [-0.4, -0.2) is 32.4 Å². The minimum Gasteiger partial charge on any atom is -0.396 e. The summed E-state index contributed by atoms with van der Waals surface area (Å²) in [6, 6.07) is 9.80. The highest BCUT2D eigenvalue weighted by atomic mass is 32.2. The molecule has 0 radical (unpaired) electrons. The third-order valence-electron chi connectivity index (χ3n) is 2.86. The minimum atomic E-state index is -3.29. The highest BCUT2D eigenvalue weighted by Crippen LogP contribution is 2.21. The van der Waals surface area contributed by atoms with Gasteiger partial charge in [0.2, 0.25) is 10.0 Å². The zero-order valence-corrected chi connectivity index (χ0v) is 11.7. The summed E-state index contributed by atoms with van der Waals surface area (Å²) in [4.78, 5) is 0. The van der Waals surface area contributed by atoms with Crippen LogP contribution < -0.4 is 4.72 Å². The molecule has 0 aliphatic heterocycles. The SMILES string of the molecule is CC(C)(CNS(=O)(=O)CCCO)c1ccccc1. The summed E-state index contributed by atoms with van der Waals surface area (Å²) in [6.07, 6.45) is 0.265. The Morgan fingerprint density at radius 1 is 1.22 bits per heavy atom. The Bertz CT molecular complexity index is 454. The van der Waals surface area contributed by atoms with Crippen LogP contribution in [0, 0.1) is 0 Å². The zero-order valence-electron chi connectivity index (χ0n) is 10.9. The van der Waals surface area contributed by atoms with Gasteiger partial charge in [-0.15, -0.1) is 0 Å². The van der Waals surface area contributed by atoms with E-state index < -0.39 is 10.0 Å². The van der Waals surface area contributed by atoms with Crippen molar-refractivity contribution in [1.29, 1.82) is 0 Å². The molecule has 0 heterocycles. The summed E-state index contributed by atoms with van der Waals surface area (Å²) in [6.45, 7) is 4.24. The van der Waals surface area contributed by atoms with Crippen LogP contribution in [0.5, 0.6) is 0 Å². The van der Waals surface area contributed by atoms with E-state index in [1.165, 1.54) is 0 Å². The first-order valence-corrected chi connectivity index (χ1v) is 7.66. The fourth-order valence-corrected chi connectivity index (χ4v) is 2.84. The quantitative estimate of drug-likeness (QED) is 0.785. The normalized spacial score (nSPS) is 12.6. The van der Waals surface area contributed by atoms with Gasteiger partial charge in [-0.05, 0) is 12.0 Å². The molecule has 2 N–H and O–H groups in total. The van der Waals surface area contributed by atoms with Gasteiger partial charge in [0, 0.05) is 18.6 Å². The Kier molecular flexibility index (Phi) is 5.31. The number of benzene rings is 1. The molecule has 1 rings (SSSR count). The van der Waals surface area contributed by atoms with Crippen LogP contribution in [0.4, 0.5) is 0 Å². The molecule has 18 heavy (non-hydrogen) atoms. The highest BCUT2D eigenvalue weighted by Gasteiger charge is 2.22. The van der Waals surface area contributed by atoms with Crippen molar-refractivity contribution in [3.63, 3.8) is 0 Å². The van der Waals surface area contributed by atoms with Gasteiger partial charge in [0.1, 0.15) is 0 Å².